The molecule has 2 aliphatic carbocycles. The van der Waals surface area contributed by atoms with Crippen molar-refractivity contribution in [2.24, 2.45) is 5.73 Å². The number of piperidine rings is 1. The Labute approximate surface area is 267 Å². The number of halogens is 3. The number of nitrogens with one attached hydrogen (secondary N) is 3. The van der Waals surface area contributed by atoms with Crippen LogP contribution in [0.4, 0.5) is 22.2 Å². The van der Waals surface area contributed by atoms with Crippen molar-refractivity contribution in [3.8, 4) is 0 Å². The number of benzene rings is 1. The van der Waals surface area contributed by atoms with Gasteiger partial charge in [-0.1, -0.05) is 34.8 Å². The predicted molar refractivity (Wildman–Crippen MR) is 174 cm³/mol. The molecular weight excluding hydrogens is 645 g/mol. The van der Waals surface area contributed by atoms with E-state index in [1.807, 2.05) is 30.6 Å². The summed E-state index contributed by atoms with van der Waals surface area (Å²) in [5, 5.41) is 11.8. The van der Waals surface area contributed by atoms with E-state index in [9.17, 15) is 4.79 Å². The Bertz CT molecular complexity index is 1320. The summed E-state index contributed by atoms with van der Waals surface area (Å²) in [4.78, 5) is 32.6. The van der Waals surface area contributed by atoms with Crippen molar-refractivity contribution in [2.45, 2.75) is 88.4 Å². The zero-order chi connectivity index (χ0) is 27.5. The highest BCUT2D eigenvalue weighted by Gasteiger charge is 2.27. The molecule has 42 heavy (non-hydrogen) atoms. The maximum absolute atomic E-state index is 12.4. The van der Waals surface area contributed by atoms with Crippen molar-refractivity contribution in [2.75, 3.05) is 29.0 Å². The largest absolute Gasteiger partial charge is 0.430 e. The van der Waals surface area contributed by atoms with E-state index in [1.54, 1.807) is 5.06 Å². The quantitative estimate of drug-likeness (QED) is 0.227. The minimum Gasteiger partial charge on any atom is -0.365 e. The van der Waals surface area contributed by atoms with E-state index in [2.05, 4.69) is 36.4 Å². The van der Waals surface area contributed by atoms with Crippen LogP contribution in [-0.4, -0.2) is 61.9 Å². The highest BCUT2D eigenvalue weighted by Crippen LogP contribution is 2.34. The summed E-state index contributed by atoms with van der Waals surface area (Å²) in [7, 11) is 0. The Morgan fingerprint density at radius 1 is 0.952 bits per heavy atom. The Morgan fingerprint density at radius 2 is 1.67 bits per heavy atom. The maximum Gasteiger partial charge on any atom is 0.430 e. The Kier molecular flexibility index (Phi) is 11.5. The molecular formula is C28H40BrCl2N9O2. The van der Waals surface area contributed by atoms with E-state index in [1.165, 1.54) is 12.8 Å². The average molecular weight is 685 g/mol. The van der Waals surface area contributed by atoms with E-state index in [0.29, 0.717) is 42.9 Å². The van der Waals surface area contributed by atoms with Crippen LogP contribution in [0, 0.1) is 0 Å². The highest BCUT2D eigenvalue weighted by atomic mass is 79.9. The third-order valence-corrected chi connectivity index (χ3v) is 8.82. The predicted octanol–water partition coefficient (Wildman–Crippen LogP) is 6.27. The second-order valence-corrected chi connectivity index (χ2v) is 12.2. The van der Waals surface area contributed by atoms with Gasteiger partial charge in [-0.2, -0.15) is 9.97 Å². The Balaban J connectivity index is 0.00000202. The van der Waals surface area contributed by atoms with E-state index < -0.39 is 6.09 Å². The van der Waals surface area contributed by atoms with Gasteiger partial charge in [0.2, 0.25) is 5.95 Å². The van der Waals surface area contributed by atoms with Gasteiger partial charge in [-0.15, -0.1) is 29.9 Å². The van der Waals surface area contributed by atoms with E-state index in [4.69, 9.17) is 25.5 Å². The van der Waals surface area contributed by atoms with Crippen LogP contribution in [0.15, 0.2) is 35.1 Å². The van der Waals surface area contributed by atoms with Gasteiger partial charge in [0.25, 0.3) is 0 Å². The van der Waals surface area contributed by atoms with Crippen molar-refractivity contribution in [1.29, 1.82) is 0 Å². The molecule has 0 radical (unpaired) electrons. The van der Waals surface area contributed by atoms with Crippen LogP contribution in [0.3, 0.4) is 0 Å². The van der Waals surface area contributed by atoms with Crippen LogP contribution in [0.25, 0.3) is 11.2 Å². The van der Waals surface area contributed by atoms with Gasteiger partial charge in [0.1, 0.15) is 0 Å². The second-order valence-electron chi connectivity index (χ2n) is 11.3. The summed E-state index contributed by atoms with van der Waals surface area (Å²) < 4.78 is 3.14. The van der Waals surface area contributed by atoms with E-state index >= 15 is 0 Å². The molecule has 1 saturated heterocycles. The molecule has 0 bridgehead atoms. The Hall–Kier alpha value is -2.38. The molecule has 6 rings (SSSR count). The third kappa shape index (κ3) is 7.96. The summed E-state index contributed by atoms with van der Waals surface area (Å²) in [6.45, 7) is 1.25. The van der Waals surface area contributed by atoms with Gasteiger partial charge in [0.05, 0.1) is 6.33 Å². The number of amides is 1. The lowest BCUT2D eigenvalue weighted by atomic mass is 9.92. The summed E-state index contributed by atoms with van der Waals surface area (Å²) in [6, 6.07) is 8.68. The molecule has 14 heteroatoms. The molecule has 2 saturated carbocycles. The number of nitrogens with zero attached hydrogens (tertiary/aromatic N) is 5. The van der Waals surface area contributed by atoms with Crippen molar-refractivity contribution in [3.05, 3.63) is 35.1 Å². The molecule has 0 spiro atoms. The van der Waals surface area contributed by atoms with Gasteiger partial charge in [-0.3, -0.25) is 5.32 Å². The number of hydrogen-bond donors (Lipinski definition) is 4. The van der Waals surface area contributed by atoms with Gasteiger partial charge >= 0.3 is 6.09 Å². The van der Waals surface area contributed by atoms with Crippen molar-refractivity contribution >= 4 is 75.5 Å². The first kappa shape index (κ1) is 32.5. The van der Waals surface area contributed by atoms with Gasteiger partial charge in [-0.25, -0.2) is 9.78 Å². The van der Waals surface area contributed by atoms with Crippen LogP contribution in [0.1, 0.15) is 70.3 Å². The molecule has 11 nitrogen and oxygen atoms in total. The molecule has 1 aromatic carbocycles. The maximum atomic E-state index is 12.4. The zero-order valence-corrected chi connectivity index (χ0v) is 26.7. The molecule has 0 unspecified atom stereocenters. The lowest BCUT2D eigenvalue weighted by Crippen LogP contribution is -2.41. The topological polar surface area (TPSA) is 135 Å². The van der Waals surface area contributed by atoms with Crippen LogP contribution in [-0.2, 0) is 4.84 Å². The lowest BCUT2D eigenvalue weighted by Gasteiger charge is -2.31. The van der Waals surface area contributed by atoms with Gasteiger partial charge in [0.15, 0.2) is 17.0 Å². The lowest BCUT2D eigenvalue weighted by molar-refractivity contribution is -0.106. The SMILES string of the molecule is Cl.Cl.NC1CCC(Nc2nc(NC3CCN(OC(=O)Nc4cccc(Br)c4)CC3)c3ncn(C4CCCC4)c3n2)CC1. The van der Waals surface area contributed by atoms with Crippen LogP contribution in [0.2, 0.25) is 0 Å². The smallest absolute Gasteiger partial charge is 0.365 e. The number of hydrogen-bond acceptors (Lipinski definition) is 9. The summed E-state index contributed by atoms with van der Waals surface area (Å²) in [5.74, 6) is 1.42. The summed E-state index contributed by atoms with van der Waals surface area (Å²) in [5.41, 5.74) is 8.52. The zero-order valence-electron chi connectivity index (χ0n) is 23.5. The number of anilines is 3. The number of hydroxylamine groups is 2. The minimum atomic E-state index is -0.487. The fourth-order valence-corrected chi connectivity index (χ4v) is 6.49. The molecule has 1 amide bonds. The molecule has 0 atom stereocenters. The van der Waals surface area contributed by atoms with Crippen molar-refractivity contribution in [3.63, 3.8) is 0 Å². The monoisotopic (exact) mass is 683 g/mol. The number of nitrogens with two attached hydrogens (primary N) is 1. The van der Waals surface area contributed by atoms with Crippen LogP contribution < -0.4 is 21.7 Å². The number of carbonyl (C=O) groups is 1. The van der Waals surface area contributed by atoms with E-state index in [0.717, 1.165) is 72.8 Å². The molecule has 3 fully saturated rings. The van der Waals surface area contributed by atoms with Crippen molar-refractivity contribution < 1.29 is 9.63 Å². The molecule has 1 aliphatic heterocycles. The second kappa shape index (κ2) is 14.9. The number of carbonyl (C=O) groups excluding carboxylic acids is 1. The standard InChI is InChI=1S/C28H38BrN9O2.2ClH/c29-18-4-3-5-22(16-18)34-28(39)40-37-14-12-21(13-15-37)32-25-24-26(38(17-31-24)23-6-1-2-7-23)36-27(35-25)33-20-10-8-19(30)9-11-20;;/h3-5,16-17,19-21,23H,1-2,6-15,30H2,(H,34,39)(H2,32,33,35,36);2*1H. The minimum absolute atomic E-state index is 0. The number of rotatable bonds is 7. The summed E-state index contributed by atoms with van der Waals surface area (Å²) >= 11 is 3.42. The fraction of sp³-hybridized carbons (Fsp3) is 0.571. The van der Waals surface area contributed by atoms with E-state index in [-0.39, 0.29) is 30.9 Å². The van der Waals surface area contributed by atoms with Crippen LogP contribution >= 0.6 is 40.7 Å². The molecule has 3 heterocycles. The van der Waals surface area contributed by atoms with Gasteiger partial charge in [0, 0.05) is 47.4 Å². The van der Waals surface area contributed by atoms with Gasteiger partial charge in [-0.05, 0) is 69.6 Å². The highest BCUT2D eigenvalue weighted by molar-refractivity contribution is 9.10. The molecule has 3 aromatic rings. The molecule has 3 aliphatic rings. The normalized spacial score (nSPS) is 21.8. The van der Waals surface area contributed by atoms with Crippen LogP contribution in [0.5, 0.6) is 0 Å². The average Bonchev–Trinajstić information content (AvgIpc) is 3.61. The first-order valence-corrected chi connectivity index (χ1v) is 15.3. The fourth-order valence-electron chi connectivity index (χ4n) is 6.09. The number of imidazole rings is 1. The molecule has 5 N–H and O–H groups in total. The van der Waals surface area contributed by atoms with Gasteiger partial charge < -0.3 is 25.8 Å². The first-order chi connectivity index (χ1) is 19.5. The first-order valence-electron chi connectivity index (χ1n) is 14.5. The molecule has 2 aromatic heterocycles. The number of aromatic nitrogens is 4. The number of fused-ring (bicyclic) bond motifs is 1. The van der Waals surface area contributed by atoms with Crippen molar-refractivity contribution in [1.82, 2.24) is 24.6 Å². The molecule has 230 valence electrons. The Morgan fingerprint density at radius 3 is 2.38 bits per heavy atom. The third-order valence-electron chi connectivity index (χ3n) is 8.32. The summed E-state index contributed by atoms with van der Waals surface area (Å²) in [6.07, 6.45) is 12.0.